The van der Waals surface area contributed by atoms with E-state index < -0.39 is 26.5 Å². The van der Waals surface area contributed by atoms with Crippen LogP contribution in [-0.4, -0.2) is 26.8 Å². The molecule has 20 heavy (non-hydrogen) atoms. The zero-order chi connectivity index (χ0) is 15.3. The lowest BCUT2D eigenvalue weighted by Gasteiger charge is -2.11. The maximum absolute atomic E-state index is 12.5. The summed E-state index contributed by atoms with van der Waals surface area (Å²) in [5.74, 6) is -3.56. The molecule has 0 unspecified atom stereocenters. The van der Waals surface area contributed by atoms with Gasteiger partial charge in [-0.1, -0.05) is 34.6 Å². The average Bonchev–Trinajstić information content (AvgIpc) is 2.36. The van der Waals surface area contributed by atoms with Crippen LogP contribution in [-0.2, 0) is 9.84 Å². The Bertz CT molecular complexity index is 620. The standard InChI is InChI=1S/C11H11BrF2N2O3S/c1-7(12)6-15-11(17)16-8-4-2-3-5-9(8)20(18,19)10(13)14/h2-5,10H,1,6H2,(H2,15,16,17). The van der Waals surface area contributed by atoms with Crippen LogP contribution in [0.3, 0.4) is 0 Å². The van der Waals surface area contributed by atoms with E-state index in [1.54, 1.807) is 0 Å². The van der Waals surface area contributed by atoms with Crippen molar-refractivity contribution in [3.63, 3.8) is 0 Å². The van der Waals surface area contributed by atoms with Crippen LogP contribution in [0.4, 0.5) is 19.3 Å². The third-order valence-corrected chi connectivity index (χ3v) is 3.84. The first-order chi connectivity index (χ1) is 9.25. The van der Waals surface area contributed by atoms with E-state index in [0.717, 1.165) is 6.07 Å². The summed E-state index contributed by atoms with van der Waals surface area (Å²) >= 11 is 3.02. The molecule has 1 aromatic carbocycles. The van der Waals surface area contributed by atoms with Gasteiger partial charge in [-0.25, -0.2) is 13.2 Å². The van der Waals surface area contributed by atoms with Gasteiger partial charge in [0.2, 0.25) is 9.84 Å². The predicted octanol–water partition coefficient (Wildman–Crippen LogP) is 2.71. The van der Waals surface area contributed by atoms with Crippen molar-refractivity contribution in [2.45, 2.75) is 10.7 Å². The first-order valence-corrected chi connectivity index (χ1v) is 7.58. The van der Waals surface area contributed by atoms with Crippen LogP contribution in [0, 0.1) is 0 Å². The van der Waals surface area contributed by atoms with Crippen molar-refractivity contribution >= 4 is 37.5 Å². The molecule has 0 radical (unpaired) electrons. The van der Waals surface area contributed by atoms with Crippen LogP contribution < -0.4 is 10.6 Å². The molecule has 1 aromatic rings. The van der Waals surface area contributed by atoms with Gasteiger partial charge in [-0.2, -0.15) is 8.78 Å². The lowest BCUT2D eigenvalue weighted by Crippen LogP contribution is -2.30. The molecule has 5 nitrogen and oxygen atoms in total. The minimum absolute atomic E-state index is 0.107. The van der Waals surface area contributed by atoms with Gasteiger partial charge in [0.1, 0.15) is 0 Å². The number of sulfone groups is 1. The number of hydrogen-bond acceptors (Lipinski definition) is 3. The number of amides is 2. The highest BCUT2D eigenvalue weighted by atomic mass is 79.9. The zero-order valence-corrected chi connectivity index (χ0v) is 12.5. The maximum atomic E-state index is 12.5. The molecule has 1 rings (SSSR count). The van der Waals surface area contributed by atoms with Crippen LogP contribution in [0.15, 0.2) is 40.2 Å². The molecule has 2 N–H and O–H groups in total. The Morgan fingerprint density at radius 1 is 1.35 bits per heavy atom. The second-order valence-electron chi connectivity index (χ2n) is 3.63. The first-order valence-electron chi connectivity index (χ1n) is 5.24. The molecule has 110 valence electrons. The van der Waals surface area contributed by atoms with Crippen LogP contribution in [0.5, 0.6) is 0 Å². The number of anilines is 1. The number of hydrogen-bond donors (Lipinski definition) is 2. The van der Waals surface area contributed by atoms with Gasteiger partial charge in [-0.05, 0) is 12.1 Å². The van der Waals surface area contributed by atoms with E-state index in [2.05, 4.69) is 33.1 Å². The molecule has 0 bridgehead atoms. The fourth-order valence-corrected chi connectivity index (χ4v) is 2.28. The van der Waals surface area contributed by atoms with Gasteiger partial charge in [-0.3, -0.25) is 0 Å². The summed E-state index contributed by atoms with van der Waals surface area (Å²) < 4.78 is 48.5. The Morgan fingerprint density at radius 3 is 2.50 bits per heavy atom. The number of alkyl halides is 2. The number of rotatable bonds is 5. The van der Waals surface area contributed by atoms with Gasteiger partial charge < -0.3 is 10.6 Å². The molecule has 2 amide bonds. The third kappa shape index (κ3) is 4.27. The Morgan fingerprint density at radius 2 is 1.95 bits per heavy atom. The summed E-state index contributed by atoms with van der Waals surface area (Å²) in [7, 11) is -4.79. The quantitative estimate of drug-likeness (QED) is 0.838. The lowest BCUT2D eigenvalue weighted by atomic mass is 10.3. The van der Waals surface area contributed by atoms with E-state index in [0.29, 0.717) is 4.48 Å². The highest BCUT2D eigenvalue weighted by Crippen LogP contribution is 2.25. The van der Waals surface area contributed by atoms with Crippen molar-refractivity contribution in [1.29, 1.82) is 0 Å². The SMILES string of the molecule is C=C(Br)CNC(=O)Nc1ccccc1S(=O)(=O)C(F)F. The van der Waals surface area contributed by atoms with E-state index in [9.17, 15) is 22.0 Å². The van der Waals surface area contributed by atoms with E-state index in [1.807, 2.05) is 0 Å². The van der Waals surface area contributed by atoms with Crippen LogP contribution in [0.25, 0.3) is 0 Å². The fraction of sp³-hybridized carbons (Fsp3) is 0.182. The zero-order valence-electron chi connectivity index (χ0n) is 10.1. The van der Waals surface area contributed by atoms with Gasteiger partial charge in [0, 0.05) is 4.48 Å². The normalized spacial score (nSPS) is 11.2. The van der Waals surface area contributed by atoms with E-state index in [-0.39, 0.29) is 12.2 Å². The van der Waals surface area contributed by atoms with Gasteiger partial charge in [0.05, 0.1) is 17.1 Å². The number of benzene rings is 1. The molecule has 0 aromatic heterocycles. The number of para-hydroxylation sites is 1. The molecule has 0 aliphatic heterocycles. The summed E-state index contributed by atoms with van der Waals surface area (Å²) in [6, 6.07) is 4.20. The second kappa shape index (κ2) is 6.80. The Hall–Kier alpha value is -1.48. The van der Waals surface area contributed by atoms with E-state index >= 15 is 0 Å². The highest BCUT2D eigenvalue weighted by Gasteiger charge is 2.29. The topological polar surface area (TPSA) is 75.3 Å². The van der Waals surface area contributed by atoms with Crippen molar-refractivity contribution in [3.8, 4) is 0 Å². The van der Waals surface area contributed by atoms with Gasteiger partial charge in [0.15, 0.2) is 0 Å². The monoisotopic (exact) mass is 368 g/mol. The molecule has 0 saturated heterocycles. The van der Waals surface area contributed by atoms with Crippen molar-refractivity contribution in [3.05, 3.63) is 35.3 Å². The van der Waals surface area contributed by atoms with E-state index in [1.165, 1.54) is 18.2 Å². The second-order valence-corrected chi connectivity index (χ2v) is 6.63. The lowest BCUT2D eigenvalue weighted by molar-refractivity contribution is 0.234. The molecule has 0 heterocycles. The Labute approximate surface area is 123 Å². The number of halogens is 3. The minimum atomic E-state index is -4.79. The molecule has 0 atom stereocenters. The molecule has 0 aliphatic rings. The van der Waals surface area contributed by atoms with Gasteiger partial charge in [0.25, 0.3) is 0 Å². The number of carbonyl (C=O) groups is 1. The summed E-state index contributed by atoms with van der Waals surface area (Å²) in [4.78, 5) is 10.9. The summed E-state index contributed by atoms with van der Waals surface area (Å²) in [5.41, 5.74) is -0.217. The first kappa shape index (κ1) is 16.6. The van der Waals surface area contributed by atoms with E-state index in [4.69, 9.17) is 0 Å². The highest BCUT2D eigenvalue weighted by molar-refractivity contribution is 9.11. The summed E-state index contributed by atoms with van der Waals surface area (Å²) in [5, 5.41) is 4.56. The predicted molar refractivity (Wildman–Crippen MR) is 74.7 cm³/mol. The van der Waals surface area contributed by atoms with Crippen LogP contribution >= 0.6 is 15.9 Å². The number of urea groups is 1. The largest absolute Gasteiger partial charge is 0.341 e. The minimum Gasteiger partial charge on any atom is -0.333 e. The molecule has 0 spiro atoms. The van der Waals surface area contributed by atoms with Crippen LogP contribution in [0.1, 0.15) is 0 Å². The van der Waals surface area contributed by atoms with Crippen molar-refractivity contribution < 1.29 is 22.0 Å². The molecular weight excluding hydrogens is 358 g/mol. The molecular formula is C11H11BrF2N2O3S. The van der Waals surface area contributed by atoms with Crippen molar-refractivity contribution in [2.75, 3.05) is 11.9 Å². The summed E-state index contributed by atoms with van der Waals surface area (Å²) in [6.07, 6.45) is 0. The van der Waals surface area contributed by atoms with Gasteiger partial charge in [-0.15, -0.1) is 0 Å². The number of carbonyl (C=O) groups excluding carboxylic acids is 1. The molecule has 0 fully saturated rings. The van der Waals surface area contributed by atoms with Crippen molar-refractivity contribution in [1.82, 2.24) is 5.32 Å². The van der Waals surface area contributed by atoms with Crippen molar-refractivity contribution in [2.24, 2.45) is 0 Å². The van der Waals surface area contributed by atoms with Crippen LogP contribution in [0.2, 0.25) is 0 Å². The average molecular weight is 369 g/mol. The molecule has 0 saturated carbocycles. The Balaban J connectivity index is 2.98. The van der Waals surface area contributed by atoms with Gasteiger partial charge >= 0.3 is 11.8 Å². The Kier molecular flexibility index (Phi) is 5.63. The third-order valence-electron chi connectivity index (χ3n) is 2.12. The summed E-state index contributed by atoms with van der Waals surface area (Å²) in [6.45, 7) is 3.60. The fourth-order valence-electron chi connectivity index (χ4n) is 1.26. The smallest absolute Gasteiger partial charge is 0.333 e. The number of nitrogens with one attached hydrogen (secondary N) is 2. The molecule has 0 aliphatic carbocycles. The molecule has 9 heteroatoms. The maximum Gasteiger partial charge on any atom is 0.341 e.